The van der Waals surface area contributed by atoms with Crippen LogP contribution in [0.5, 0.6) is 0 Å². The van der Waals surface area contributed by atoms with Gasteiger partial charge in [0.2, 0.25) is 5.78 Å². The molecule has 1 aliphatic heterocycles. The fraction of sp³-hybridized carbons (Fsp3) is 0.278. The highest BCUT2D eigenvalue weighted by atomic mass is 32.2. The van der Waals surface area contributed by atoms with E-state index in [1.165, 1.54) is 4.90 Å². The van der Waals surface area contributed by atoms with Gasteiger partial charge in [0.1, 0.15) is 0 Å². The molecule has 3 rings (SSSR count). The first-order valence-electron chi connectivity index (χ1n) is 7.66. The fourth-order valence-electron chi connectivity index (χ4n) is 2.59. The molecule has 0 aliphatic carbocycles. The zero-order valence-electron chi connectivity index (χ0n) is 12.8. The van der Waals surface area contributed by atoms with Crippen molar-refractivity contribution in [1.29, 1.82) is 0 Å². The van der Waals surface area contributed by atoms with Crippen LogP contribution in [0.1, 0.15) is 17.5 Å². The van der Waals surface area contributed by atoms with Gasteiger partial charge in [-0.2, -0.15) is 0 Å². The van der Waals surface area contributed by atoms with Crippen LogP contribution in [0.25, 0.3) is 0 Å². The number of benzene rings is 1. The van der Waals surface area contributed by atoms with Crippen LogP contribution in [0.4, 0.5) is 0 Å². The first-order chi connectivity index (χ1) is 11.2. The van der Waals surface area contributed by atoms with Gasteiger partial charge >= 0.3 is 0 Å². The maximum atomic E-state index is 12.4. The summed E-state index contributed by atoms with van der Waals surface area (Å²) in [5.74, 6) is 0.142. The van der Waals surface area contributed by atoms with Crippen molar-refractivity contribution in [2.45, 2.75) is 24.3 Å². The lowest BCUT2D eigenvalue weighted by molar-refractivity contribution is -0.144. The SMILES string of the molecule is O=C(CCc1ccncc1)C(=O)N1CCSc2ccccc2C1. The number of Topliss-reactive ketones (excluding diaryl/α,β-unsaturated/α-hetero) is 1. The van der Waals surface area contributed by atoms with E-state index in [2.05, 4.69) is 11.1 Å². The molecule has 0 atom stereocenters. The van der Waals surface area contributed by atoms with Crippen molar-refractivity contribution in [1.82, 2.24) is 9.88 Å². The molecular weight excluding hydrogens is 308 g/mol. The highest BCUT2D eigenvalue weighted by Crippen LogP contribution is 2.27. The van der Waals surface area contributed by atoms with E-state index < -0.39 is 0 Å². The van der Waals surface area contributed by atoms with Crippen molar-refractivity contribution in [2.75, 3.05) is 12.3 Å². The number of thioether (sulfide) groups is 1. The lowest BCUT2D eigenvalue weighted by Crippen LogP contribution is -2.37. The number of fused-ring (bicyclic) bond motifs is 1. The number of amides is 1. The lowest BCUT2D eigenvalue weighted by Gasteiger charge is -2.19. The quantitative estimate of drug-likeness (QED) is 0.811. The summed E-state index contributed by atoms with van der Waals surface area (Å²) in [4.78, 5) is 31.5. The average Bonchev–Trinajstić information content (AvgIpc) is 2.82. The van der Waals surface area contributed by atoms with Gasteiger partial charge in [0.05, 0.1) is 0 Å². The second-order valence-electron chi connectivity index (χ2n) is 5.46. The number of hydrogen-bond acceptors (Lipinski definition) is 4. The summed E-state index contributed by atoms with van der Waals surface area (Å²) in [5.41, 5.74) is 2.14. The molecule has 0 N–H and O–H groups in total. The maximum Gasteiger partial charge on any atom is 0.290 e. The molecule has 118 valence electrons. The largest absolute Gasteiger partial charge is 0.331 e. The van der Waals surface area contributed by atoms with Crippen molar-refractivity contribution >= 4 is 23.5 Å². The second-order valence-corrected chi connectivity index (χ2v) is 6.60. The Balaban J connectivity index is 1.62. The summed E-state index contributed by atoms with van der Waals surface area (Å²) < 4.78 is 0. The Hall–Kier alpha value is -2.14. The first-order valence-corrected chi connectivity index (χ1v) is 8.64. The minimum atomic E-state index is -0.364. The van der Waals surface area contributed by atoms with Crippen molar-refractivity contribution in [3.8, 4) is 0 Å². The Kier molecular flexibility index (Phi) is 5.08. The topological polar surface area (TPSA) is 50.3 Å². The third kappa shape index (κ3) is 3.99. The van der Waals surface area contributed by atoms with Crippen LogP contribution >= 0.6 is 11.8 Å². The number of ketones is 1. The van der Waals surface area contributed by atoms with E-state index in [4.69, 9.17) is 0 Å². The highest BCUT2D eigenvalue weighted by Gasteiger charge is 2.24. The van der Waals surface area contributed by atoms with Crippen molar-refractivity contribution < 1.29 is 9.59 Å². The monoisotopic (exact) mass is 326 g/mol. The summed E-state index contributed by atoms with van der Waals surface area (Å²) in [7, 11) is 0. The first kappa shape index (κ1) is 15.7. The molecule has 2 heterocycles. The van der Waals surface area contributed by atoms with Gasteiger partial charge in [-0.1, -0.05) is 18.2 Å². The molecule has 4 nitrogen and oxygen atoms in total. The summed E-state index contributed by atoms with van der Waals surface area (Å²) in [6.45, 7) is 1.13. The van der Waals surface area contributed by atoms with E-state index in [-0.39, 0.29) is 18.1 Å². The molecule has 2 aromatic rings. The van der Waals surface area contributed by atoms with Crippen molar-refractivity contribution in [2.24, 2.45) is 0 Å². The number of pyridine rings is 1. The normalized spacial score (nSPS) is 14.0. The van der Waals surface area contributed by atoms with E-state index in [0.717, 1.165) is 16.9 Å². The summed E-state index contributed by atoms with van der Waals surface area (Å²) in [5, 5.41) is 0. The van der Waals surface area contributed by atoms with Crippen LogP contribution in [0, 0.1) is 0 Å². The minimum Gasteiger partial charge on any atom is -0.331 e. The number of hydrogen-bond donors (Lipinski definition) is 0. The van der Waals surface area contributed by atoms with E-state index >= 15 is 0 Å². The number of rotatable bonds is 4. The molecule has 1 aromatic heterocycles. The molecule has 1 amide bonds. The second kappa shape index (κ2) is 7.42. The molecule has 0 unspecified atom stereocenters. The molecule has 1 aromatic carbocycles. The van der Waals surface area contributed by atoms with Crippen LogP contribution in [-0.2, 0) is 22.6 Å². The molecule has 0 bridgehead atoms. The van der Waals surface area contributed by atoms with Gasteiger partial charge in [0.15, 0.2) is 0 Å². The molecule has 0 radical (unpaired) electrons. The molecule has 0 fully saturated rings. The average molecular weight is 326 g/mol. The van der Waals surface area contributed by atoms with Gasteiger partial charge in [-0.25, -0.2) is 0 Å². The Morgan fingerprint density at radius 3 is 2.74 bits per heavy atom. The summed E-state index contributed by atoms with van der Waals surface area (Å²) in [6.07, 6.45) is 4.22. The third-order valence-electron chi connectivity index (χ3n) is 3.87. The molecule has 1 aliphatic rings. The van der Waals surface area contributed by atoms with Crippen LogP contribution < -0.4 is 0 Å². The van der Waals surface area contributed by atoms with Crippen LogP contribution in [0.15, 0.2) is 53.7 Å². The number of carbonyl (C=O) groups excluding carboxylic acids is 2. The van der Waals surface area contributed by atoms with E-state index in [1.54, 1.807) is 29.1 Å². The Morgan fingerprint density at radius 1 is 1.13 bits per heavy atom. The highest BCUT2D eigenvalue weighted by molar-refractivity contribution is 7.99. The Morgan fingerprint density at radius 2 is 1.91 bits per heavy atom. The van der Waals surface area contributed by atoms with E-state index in [0.29, 0.717) is 19.5 Å². The number of aryl methyl sites for hydroxylation is 1. The van der Waals surface area contributed by atoms with E-state index in [1.807, 2.05) is 30.3 Å². The third-order valence-corrected chi connectivity index (χ3v) is 4.96. The number of carbonyl (C=O) groups is 2. The van der Waals surface area contributed by atoms with Crippen LogP contribution in [-0.4, -0.2) is 33.9 Å². The zero-order chi connectivity index (χ0) is 16.1. The summed E-state index contributed by atoms with van der Waals surface area (Å²) in [6, 6.07) is 11.8. The zero-order valence-corrected chi connectivity index (χ0v) is 13.6. The molecule has 0 spiro atoms. The fourth-order valence-corrected chi connectivity index (χ4v) is 3.61. The number of nitrogens with zero attached hydrogens (tertiary/aromatic N) is 2. The van der Waals surface area contributed by atoms with Gasteiger partial charge in [0.25, 0.3) is 5.91 Å². The molecule has 23 heavy (non-hydrogen) atoms. The maximum absolute atomic E-state index is 12.4. The van der Waals surface area contributed by atoms with Gasteiger partial charge in [-0.3, -0.25) is 14.6 Å². The minimum absolute atomic E-state index is 0.244. The predicted octanol–water partition coefficient (Wildman–Crippen LogP) is 2.72. The Bertz CT molecular complexity index is 703. The molecule has 5 heteroatoms. The Labute approximate surface area is 139 Å². The molecule has 0 saturated carbocycles. The number of aromatic nitrogens is 1. The van der Waals surface area contributed by atoms with Gasteiger partial charge in [-0.15, -0.1) is 11.8 Å². The van der Waals surface area contributed by atoms with Crippen LogP contribution in [0.3, 0.4) is 0 Å². The van der Waals surface area contributed by atoms with Crippen molar-refractivity contribution in [3.05, 3.63) is 59.9 Å². The van der Waals surface area contributed by atoms with Crippen LogP contribution in [0.2, 0.25) is 0 Å². The predicted molar refractivity (Wildman–Crippen MR) is 90.1 cm³/mol. The molecule has 0 saturated heterocycles. The van der Waals surface area contributed by atoms with Crippen molar-refractivity contribution in [3.63, 3.8) is 0 Å². The molecular formula is C18H18N2O2S. The van der Waals surface area contributed by atoms with Gasteiger partial charge < -0.3 is 4.90 Å². The smallest absolute Gasteiger partial charge is 0.290 e. The van der Waals surface area contributed by atoms with E-state index in [9.17, 15) is 9.59 Å². The lowest BCUT2D eigenvalue weighted by atomic mass is 10.1. The van der Waals surface area contributed by atoms with Gasteiger partial charge in [0, 0.05) is 42.6 Å². The van der Waals surface area contributed by atoms with Gasteiger partial charge in [-0.05, 0) is 35.7 Å². The standard InChI is InChI=1S/C18H18N2O2S/c21-16(6-5-14-7-9-19-10-8-14)18(22)20-11-12-23-17-4-2-1-3-15(17)13-20/h1-4,7-10H,5-6,11-13H2. The summed E-state index contributed by atoms with van der Waals surface area (Å²) >= 11 is 1.74.